The number of aromatic carboxylic acids is 1. The summed E-state index contributed by atoms with van der Waals surface area (Å²) >= 11 is 0. The molecule has 0 bridgehead atoms. The molecule has 0 saturated heterocycles. The number of hydrogen-bond acceptors (Lipinski definition) is 3. The third-order valence-corrected chi connectivity index (χ3v) is 2.99. The number of hydrogen-bond donors (Lipinski definition) is 2. The van der Waals surface area contributed by atoms with Crippen molar-refractivity contribution in [2.45, 2.75) is 13.5 Å². The van der Waals surface area contributed by atoms with Gasteiger partial charge in [0.1, 0.15) is 11.4 Å². The Labute approximate surface area is 113 Å². The second kappa shape index (κ2) is 5.12. The van der Waals surface area contributed by atoms with Crippen LogP contribution in [0.15, 0.2) is 24.4 Å². The fourth-order valence-electron chi connectivity index (χ4n) is 1.81. The van der Waals surface area contributed by atoms with Gasteiger partial charge in [0.15, 0.2) is 0 Å². The standard InChI is InChI=1S/C13H12FN3O3/c1-7-10(13(19)20)5-16-17(7)6-9-3-2-8(12(15)18)4-11(9)14/h2-5H,6H2,1H3,(H2,15,18)(H,19,20). The van der Waals surface area contributed by atoms with Crippen LogP contribution in [0.25, 0.3) is 0 Å². The van der Waals surface area contributed by atoms with Crippen LogP contribution in [0, 0.1) is 12.7 Å². The van der Waals surface area contributed by atoms with Crippen molar-refractivity contribution in [3.63, 3.8) is 0 Å². The van der Waals surface area contributed by atoms with Crippen LogP contribution in [0.2, 0.25) is 0 Å². The molecule has 0 spiro atoms. The van der Waals surface area contributed by atoms with Crippen LogP contribution in [0.3, 0.4) is 0 Å². The van der Waals surface area contributed by atoms with Crippen LogP contribution in [0.5, 0.6) is 0 Å². The number of amides is 1. The van der Waals surface area contributed by atoms with E-state index in [9.17, 15) is 14.0 Å². The molecular formula is C13H12FN3O3. The number of primary amides is 1. The lowest BCUT2D eigenvalue weighted by molar-refractivity contribution is 0.0695. The Bertz CT molecular complexity index is 694. The number of carbonyl (C=O) groups is 2. The molecule has 0 aliphatic rings. The third-order valence-electron chi connectivity index (χ3n) is 2.99. The maximum absolute atomic E-state index is 13.8. The van der Waals surface area contributed by atoms with Crippen molar-refractivity contribution >= 4 is 11.9 Å². The van der Waals surface area contributed by atoms with E-state index in [-0.39, 0.29) is 23.2 Å². The maximum Gasteiger partial charge on any atom is 0.339 e. The van der Waals surface area contributed by atoms with Crippen LogP contribution in [-0.2, 0) is 6.54 Å². The zero-order valence-corrected chi connectivity index (χ0v) is 10.6. The molecule has 0 aliphatic carbocycles. The van der Waals surface area contributed by atoms with Crippen LogP contribution in [-0.4, -0.2) is 26.8 Å². The van der Waals surface area contributed by atoms with E-state index >= 15 is 0 Å². The lowest BCUT2D eigenvalue weighted by Gasteiger charge is -2.07. The highest BCUT2D eigenvalue weighted by Gasteiger charge is 2.14. The minimum absolute atomic E-state index is 0.0687. The van der Waals surface area contributed by atoms with Gasteiger partial charge >= 0.3 is 5.97 Å². The second-order valence-electron chi connectivity index (χ2n) is 4.28. The van der Waals surface area contributed by atoms with E-state index in [1.165, 1.54) is 23.0 Å². The Hall–Kier alpha value is -2.70. The number of halogens is 1. The highest BCUT2D eigenvalue weighted by molar-refractivity contribution is 5.92. The van der Waals surface area contributed by atoms with Gasteiger partial charge in [-0.25, -0.2) is 9.18 Å². The average Bonchev–Trinajstić information content (AvgIpc) is 2.73. The van der Waals surface area contributed by atoms with Crippen molar-refractivity contribution < 1.29 is 19.1 Å². The van der Waals surface area contributed by atoms with Crippen molar-refractivity contribution in [1.82, 2.24) is 9.78 Å². The summed E-state index contributed by atoms with van der Waals surface area (Å²) in [5.41, 5.74) is 5.92. The van der Waals surface area contributed by atoms with E-state index in [0.29, 0.717) is 5.69 Å². The van der Waals surface area contributed by atoms with Crippen LogP contribution in [0.4, 0.5) is 4.39 Å². The molecule has 1 aromatic heterocycles. The molecule has 20 heavy (non-hydrogen) atoms. The van der Waals surface area contributed by atoms with Crippen molar-refractivity contribution in [1.29, 1.82) is 0 Å². The van der Waals surface area contributed by atoms with E-state index in [4.69, 9.17) is 10.8 Å². The number of benzene rings is 1. The first-order valence-corrected chi connectivity index (χ1v) is 5.74. The second-order valence-corrected chi connectivity index (χ2v) is 4.28. The molecule has 1 aromatic carbocycles. The van der Waals surface area contributed by atoms with Gasteiger partial charge in [0, 0.05) is 11.1 Å². The van der Waals surface area contributed by atoms with Crippen LogP contribution < -0.4 is 5.73 Å². The van der Waals surface area contributed by atoms with Gasteiger partial charge in [-0.1, -0.05) is 6.07 Å². The number of carboxylic acids is 1. The predicted molar refractivity (Wildman–Crippen MR) is 67.9 cm³/mol. The zero-order chi connectivity index (χ0) is 14.9. The minimum atomic E-state index is -1.08. The van der Waals surface area contributed by atoms with Gasteiger partial charge in [0.2, 0.25) is 5.91 Å². The molecule has 1 heterocycles. The largest absolute Gasteiger partial charge is 0.478 e. The van der Waals surface area contributed by atoms with Gasteiger partial charge in [-0.2, -0.15) is 5.10 Å². The summed E-state index contributed by atoms with van der Waals surface area (Å²) in [4.78, 5) is 21.8. The third kappa shape index (κ3) is 2.51. The Kier molecular flexibility index (Phi) is 3.51. The SMILES string of the molecule is Cc1c(C(=O)O)cnn1Cc1ccc(C(N)=O)cc1F. The summed E-state index contributed by atoms with van der Waals surface area (Å²) in [5.74, 6) is -2.38. The Balaban J connectivity index is 2.31. The molecule has 7 heteroatoms. The quantitative estimate of drug-likeness (QED) is 0.876. The highest BCUT2D eigenvalue weighted by Crippen LogP contribution is 2.14. The first-order chi connectivity index (χ1) is 9.40. The first kappa shape index (κ1) is 13.7. The molecule has 0 atom stereocenters. The van der Waals surface area contributed by atoms with Gasteiger partial charge in [-0.15, -0.1) is 0 Å². The molecule has 0 unspecified atom stereocenters. The smallest absolute Gasteiger partial charge is 0.339 e. The van der Waals surface area contributed by atoms with E-state index < -0.39 is 17.7 Å². The van der Waals surface area contributed by atoms with Gasteiger partial charge < -0.3 is 10.8 Å². The molecule has 3 N–H and O–H groups in total. The van der Waals surface area contributed by atoms with Crippen molar-refractivity contribution in [3.05, 3.63) is 52.6 Å². The number of aromatic nitrogens is 2. The van der Waals surface area contributed by atoms with Gasteiger partial charge in [-0.3, -0.25) is 9.48 Å². The Morgan fingerprint density at radius 1 is 1.45 bits per heavy atom. The van der Waals surface area contributed by atoms with E-state index in [2.05, 4.69) is 5.10 Å². The number of carbonyl (C=O) groups excluding carboxylic acids is 1. The summed E-state index contributed by atoms with van der Waals surface area (Å²) in [6.07, 6.45) is 1.22. The molecule has 1 amide bonds. The van der Waals surface area contributed by atoms with Crippen molar-refractivity contribution in [3.8, 4) is 0 Å². The lowest BCUT2D eigenvalue weighted by Crippen LogP contribution is -2.12. The Morgan fingerprint density at radius 3 is 2.65 bits per heavy atom. The molecule has 0 fully saturated rings. The summed E-state index contributed by atoms with van der Waals surface area (Å²) < 4.78 is 15.2. The highest BCUT2D eigenvalue weighted by atomic mass is 19.1. The van der Waals surface area contributed by atoms with Crippen molar-refractivity contribution in [2.75, 3.05) is 0 Å². The van der Waals surface area contributed by atoms with Gasteiger partial charge in [-0.05, 0) is 19.1 Å². The summed E-state index contributed by atoms with van der Waals surface area (Å²) in [6, 6.07) is 3.89. The van der Waals surface area contributed by atoms with E-state index in [1.54, 1.807) is 6.92 Å². The monoisotopic (exact) mass is 277 g/mol. The van der Waals surface area contributed by atoms with Gasteiger partial charge in [0.25, 0.3) is 0 Å². The number of rotatable bonds is 4. The zero-order valence-electron chi connectivity index (χ0n) is 10.6. The van der Waals surface area contributed by atoms with Crippen LogP contribution in [0.1, 0.15) is 32.0 Å². The number of nitrogens with two attached hydrogens (primary N) is 1. The fourth-order valence-corrected chi connectivity index (χ4v) is 1.81. The molecule has 2 aromatic rings. The molecule has 0 aliphatic heterocycles. The topological polar surface area (TPSA) is 98.2 Å². The van der Waals surface area contributed by atoms with E-state index in [0.717, 1.165) is 6.07 Å². The summed E-state index contributed by atoms with van der Waals surface area (Å²) in [6.45, 7) is 1.66. The Morgan fingerprint density at radius 2 is 2.15 bits per heavy atom. The molecule has 0 saturated carbocycles. The lowest BCUT2D eigenvalue weighted by atomic mass is 10.1. The molecule has 6 nitrogen and oxygen atoms in total. The minimum Gasteiger partial charge on any atom is -0.478 e. The number of nitrogens with zero attached hydrogens (tertiary/aromatic N) is 2. The van der Waals surface area contributed by atoms with Crippen molar-refractivity contribution in [2.24, 2.45) is 5.73 Å². The molecule has 104 valence electrons. The first-order valence-electron chi connectivity index (χ1n) is 5.74. The number of carboxylic acid groups (broad SMARTS) is 1. The summed E-state index contributed by atoms with van der Waals surface area (Å²) in [5, 5.41) is 12.8. The average molecular weight is 277 g/mol. The van der Waals surface area contributed by atoms with Gasteiger partial charge in [0.05, 0.1) is 18.4 Å². The predicted octanol–water partition coefficient (Wildman–Crippen LogP) is 1.18. The van der Waals surface area contributed by atoms with Crippen LogP contribution >= 0.6 is 0 Å². The van der Waals surface area contributed by atoms with E-state index in [1.807, 2.05) is 0 Å². The molecule has 2 rings (SSSR count). The normalized spacial score (nSPS) is 10.5. The molecular weight excluding hydrogens is 265 g/mol. The maximum atomic E-state index is 13.8. The molecule has 0 radical (unpaired) electrons. The fraction of sp³-hybridized carbons (Fsp3) is 0.154. The summed E-state index contributed by atoms with van der Waals surface area (Å²) in [7, 11) is 0.